The summed E-state index contributed by atoms with van der Waals surface area (Å²) in [5.74, 6) is 1.51. The molecule has 0 spiro atoms. The summed E-state index contributed by atoms with van der Waals surface area (Å²) in [4.78, 5) is 23.7. The molecule has 1 atom stereocenters. The van der Waals surface area contributed by atoms with E-state index in [0.29, 0.717) is 24.8 Å². The van der Waals surface area contributed by atoms with Crippen molar-refractivity contribution >= 4 is 11.7 Å². The van der Waals surface area contributed by atoms with Gasteiger partial charge in [0.15, 0.2) is 0 Å². The second kappa shape index (κ2) is 8.61. The molecule has 1 N–H and O–H groups in total. The SMILES string of the molecule is Cc1nc(-c2cccnc2N2CCC(C(=O)NC(C)c3ccc(F)cc3)CC2)no1. The smallest absolute Gasteiger partial charge is 0.223 e. The summed E-state index contributed by atoms with van der Waals surface area (Å²) in [7, 11) is 0. The van der Waals surface area contributed by atoms with Crippen LogP contribution in [0.5, 0.6) is 0 Å². The van der Waals surface area contributed by atoms with Crippen molar-refractivity contribution < 1.29 is 13.7 Å². The fourth-order valence-corrected chi connectivity index (χ4v) is 3.75. The highest BCUT2D eigenvalue weighted by atomic mass is 19.1. The van der Waals surface area contributed by atoms with Crippen LogP contribution in [0.4, 0.5) is 10.2 Å². The fourth-order valence-electron chi connectivity index (χ4n) is 3.75. The topological polar surface area (TPSA) is 84.2 Å². The van der Waals surface area contributed by atoms with Crippen LogP contribution in [0.1, 0.15) is 37.3 Å². The van der Waals surface area contributed by atoms with Gasteiger partial charge in [-0.2, -0.15) is 4.98 Å². The third kappa shape index (κ3) is 4.32. The second-order valence-electron chi connectivity index (χ2n) is 7.55. The van der Waals surface area contributed by atoms with E-state index in [1.165, 1.54) is 12.1 Å². The normalized spacial score (nSPS) is 15.8. The molecule has 1 unspecified atom stereocenters. The number of hydrogen-bond donors (Lipinski definition) is 1. The van der Waals surface area contributed by atoms with Gasteiger partial charge in [0.2, 0.25) is 17.6 Å². The van der Waals surface area contributed by atoms with Crippen molar-refractivity contribution in [3.8, 4) is 11.4 Å². The van der Waals surface area contributed by atoms with Gasteiger partial charge in [-0.3, -0.25) is 4.79 Å². The Kier molecular flexibility index (Phi) is 5.74. The molecule has 3 aromatic rings. The van der Waals surface area contributed by atoms with Crippen molar-refractivity contribution in [2.75, 3.05) is 18.0 Å². The Morgan fingerprint density at radius 3 is 2.63 bits per heavy atom. The number of piperidine rings is 1. The first-order valence-electron chi connectivity index (χ1n) is 10.1. The van der Waals surface area contributed by atoms with E-state index in [4.69, 9.17) is 4.52 Å². The molecule has 0 saturated carbocycles. The van der Waals surface area contributed by atoms with Gasteiger partial charge in [-0.1, -0.05) is 17.3 Å². The van der Waals surface area contributed by atoms with Crippen molar-refractivity contribution in [2.24, 2.45) is 5.92 Å². The zero-order valence-electron chi connectivity index (χ0n) is 17.0. The number of aryl methyl sites for hydroxylation is 1. The maximum Gasteiger partial charge on any atom is 0.223 e. The van der Waals surface area contributed by atoms with Crippen molar-refractivity contribution in [1.29, 1.82) is 0 Å². The average Bonchev–Trinajstić information content (AvgIpc) is 3.20. The van der Waals surface area contributed by atoms with Gasteiger partial charge in [0, 0.05) is 32.1 Å². The number of pyridine rings is 1. The third-order valence-corrected chi connectivity index (χ3v) is 5.45. The van der Waals surface area contributed by atoms with Crippen LogP contribution in [0, 0.1) is 18.7 Å². The first-order valence-corrected chi connectivity index (χ1v) is 10.1. The molecule has 8 heteroatoms. The minimum atomic E-state index is -0.283. The number of nitrogens with one attached hydrogen (secondary N) is 1. The zero-order valence-corrected chi connectivity index (χ0v) is 17.0. The number of nitrogens with zero attached hydrogens (tertiary/aromatic N) is 4. The van der Waals surface area contributed by atoms with E-state index in [1.807, 2.05) is 19.1 Å². The maximum atomic E-state index is 13.1. The van der Waals surface area contributed by atoms with Gasteiger partial charge in [0.25, 0.3) is 0 Å². The quantitative estimate of drug-likeness (QED) is 0.692. The number of hydrogen-bond acceptors (Lipinski definition) is 6. The lowest BCUT2D eigenvalue weighted by molar-refractivity contribution is -0.126. The summed E-state index contributed by atoms with van der Waals surface area (Å²) in [5.41, 5.74) is 1.71. The van der Waals surface area contributed by atoms with E-state index < -0.39 is 0 Å². The zero-order chi connectivity index (χ0) is 21.1. The third-order valence-electron chi connectivity index (χ3n) is 5.45. The highest BCUT2D eigenvalue weighted by Crippen LogP contribution is 2.30. The Morgan fingerprint density at radius 1 is 1.23 bits per heavy atom. The Hall–Kier alpha value is -3.29. The molecular weight excluding hydrogens is 385 g/mol. The minimum absolute atomic E-state index is 0.0292. The van der Waals surface area contributed by atoms with Crippen LogP contribution in [-0.4, -0.2) is 34.1 Å². The molecule has 1 aliphatic heterocycles. The number of anilines is 1. The molecule has 1 amide bonds. The number of halogens is 1. The molecule has 1 aliphatic rings. The summed E-state index contributed by atoms with van der Waals surface area (Å²) in [5, 5.41) is 7.06. The van der Waals surface area contributed by atoms with Gasteiger partial charge in [-0.05, 0) is 49.6 Å². The summed E-state index contributed by atoms with van der Waals surface area (Å²) < 4.78 is 18.2. The average molecular weight is 409 g/mol. The Morgan fingerprint density at radius 2 is 1.97 bits per heavy atom. The molecule has 4 rings (SSSR count). The lowest BCUT2D eigenvalue weighted by Gasteiger charge is -2.33. The van der Waals surface area contributed by atoms with Crippen LogP contribution >= 0.6 is 0 Å². The van der Waals surface area contributed by atoms with Gasteiger partial charge in [-0.25, -0.2) is 9.37 Å². The largest absolute Gasteiger partial charge is 0.356 e. The van der Waals surface area contributed by atoms with Gasteiger partial charge in [-0.15, -0.1) is 0 Å². The molecule has 2 aromatic heterocycles. The molecule has 7 nitrogen and oxygen atoms in total. The predicted octanol–water partition coefficient (Wildman–Crippen LogP) is 3.67. The van der Waals surface area contributed by atoms with Gasteiger partial charge < -0.3 is 14.7 Å². The number of carbonyl (C=O) groups excluding carboxylic acids is 1. The van der Waals surface area contributed by atoms with E-state index in [0.717, 1.165) is 29.8 Å². The van der Waals surface area contributed by atoms with Crippen LogP contribution in [0.3, 0.4) is 0 Å². The molecule has 3 heterocycles. The fraction of sp³-hybridized carbons (Fsp3) is 0.364. The highest BCUT2D eigenvalue weighted by molar-refractivity contribution is 5.79. The predicted molar refractivity (Wildman–Crippen MR) is 110 cm³/mol. The maximum absolute atomic E-state index is 13.1. The van der Waals surface area contributed by atoms with Crippen LogP contribution in [0.2, 0.25) is 0 Å². The number of aromatic nitrogens is 3. The number of amides is 1. The standard InChI is InChI=1S/C22H24FN5O2/c1-14(16-5-7-18(23)8-6-16)25-22(29)17-9-12-28(13-10-17)21-19(4-3-11-24-21)20-26-15(2)30-27-20/h3-8,11,14,17H,9-10,12-13H2,1-2H3,(H,25,29). The van der Waals surface area contributed by atoms with Crippen molar-refractivity contribution in [3.05, 3.63) is 59.9 Å². The molecule has 1 fully saturated rings. The van der Waals surface area contributed by atoms with E-state index >= 15 is 0 Å². The number of benzene rings is 1. The Balaban J connectivity index is 1.38. The van der Waals surface area contributed by atoms with Gasteiger partial charge in [0.05, 0.1) is 11.6 Å². The van der Waals surface area contributed by atoms with Crippen LogP contribution in [0.15, 0.2) is 47.1 Å². The molecule has 0 bridgehead atoms. The summed E-state index contributed by atoms with van der Waals surface area (Å²) >= 11 is 0. The van der Waals surface area contributed by atoms with E-state index in [9.17, 15) is 9.18 Å². The minimum Gasteiger partial charge on any atom is -0.356 e. The van der Waals surface area contributed by atoms with Crippen LogP contribution in [-0.2, 0) is 4.79 Å². The summed E-state index contributed by atoms with van der Waals surface area (Å²) in [6.07, 6.45) is 3.20. The van der Waals surface area contributed by atoms with Gasteiger partial charge >= 0.3 is 0 Å². The molecule has 0 aliphatic carbocycles. The lowest BCUT2D eigenvalue weighted by Crippen LogP contribution is -2.41. The summed E-state index contributed by atoms with van der Waals surface area (Å²) in [6.45, 7) is 5.09. The second-order valence-corrected chi connectivity index (χ2v) is 7.55. The van der Waals surface area contributed by atoms with E-state index in [-0.39, 0.29) is 23.7 Å². The van der Waals surface area contributed by atoms with Gasteiger partial charge in [0.1, 0.15) is 11.6 Å². The van der Waals surface area contributed by atoms with E-state index in [2.05, 4.69) is 25.3 Å². The number of carbonyl (C=O) groups is 1. The Labute approximate surface area is 174 Å². The first-order chi connectivity index (χ1) is 14.5. The van der Waals surface area contributed by atoms with Crippen molar-refractivity contribution in [1.82, 2.24) is 20.4 Å². The molecule has 1 aromatic carbocycles. The number of rotatable bonds is 5. The first kappa shape index (κ1) is 20.0. The van der Waals surface area contributed by atoms with Crippen LogP contribution < -0.4 is 10.2 Å². The lowest BCUT2D eigenvalue weighted by atomic mass is 9.95. The highest BCUT2D eigenvalue weighted by Gasteiger charge is 2.28. The van der Waals surface area contributed by atoms with Crippen LogP contribution in [0.25, 0.3) is 11.4 Å². The monoisotopic (exact) mass is 409 g/mol. The molecule has 30 heavy (non-hydrogen) atoms. The van der Waals surface area contributed by atoms with E-state index in [1.54, 1.807) is 25.3 Å². The van der Waals surface area contributed by atoms with Crippen molar-refractivity contribution in [3.63, 3.8) is 0 Å². The Bertz CT molecular complexity index is 1010. The molecule has 156 valence electrons. The molecule has 0 radical (unpaired) electrons. The van der Waals surface area contributed by atoms with Crippen molar-refractivity contribution in [2.45, 2.75) is 32.7 Å². The molecule has 1 saturated heterocycles. The summed E-state index contributed by atoms with van der Waals surface area (Å²) in [6, 6.07) is 9.83. The molecular formula is C22H24FN5O2.